The number of rotatable bonds is 8. The average molecular weight is 303 g/mol. The number of nitro groups is 1. The third kappa shape index (κ3) is 4.44. The molecular weight excluding hydrogens is 286 g/mol. The average Bonchev–Trinajstić information content (AvgIpc) is 2.38. The molecule has 0 bridgehead atoms. The van der Waals surface area contributed by atoms with Crippen LogP contribution in [0.1, 0.15) is 13.3 Å². The van der Waals surface area contributed by atoms with Gasteiger partial charge in [-0.05, 0) is 25.5 Å². The summed E-state index contributed by atoms with van der Waals surface area (Å²) < 4.78 is 31.3. The summed E-state index contributed by atoms with van der Waals surface area (Å²) in [7, 11) is -3.79. The van der Waals surface area contributed by atoms with Gasteiger partial charge in [0.25, 0.3) is 5.69 Å². The molecule has 9 heteroatoms. The van der Waals surface area contributed by atoms with Crippen molar-refractivity contribution in [3.05, 3.63) is 28.3 Å². The quantitative estimate of drug-likeness (QED) is 0.318. The highest BCUT2D eigenvalue weighted by molar-refractivity contribution is 7.89. The Kier molecular flexibility index (Phi) is 5.86. The van der Waals surface area contributed by atoms with Crippen LogP contribution in [-0.4, -0.2) is 33.1 Å². The minimum Gasteiger partial charge on any atom is -0.393 e. The Balaban J connectivity index is 2.77. The summed E-state index contributed by atoms with van der Waals surface area (Å²) in [5.74, 6) is 0. The monoisotopic (exact) mass is 303 g/mol. The lowest BCUT2D eigenvalue weighted by Crippen LogP contribution is -2.25. The van der Waals surface area contributed by atoms with Crippen molar-refractivity contribution in [3.8, 4) is 0 Å². The Bertz CT molecular complexity index is 573. The lowest BCUT2D eigenvalue weighted by atomic mass is 10.3. The summed E-state index contributed by atoms with van der Waals surface area (Å²) in [5.41, 5.74) is 4.91. The van der Waals surface area contributed by atoms with E-state index in [-0.39, 0.29) is 17.1 Å². The van der Waals surface area contributed by atoms with Crippen molar-refractivity contribution in [3.63, 3.8) is 0 Å². The smallest absolute Gasteiger partial charge is 0.293 e. The van der Waals surface area contributed by atoms with Crippen LogP contribution < -0.4 is 10.5 Å². The zero-order valence-corrected chi connectivity index (χ0v) is 11.9. The molecule has 0 saturated carbocycles. The molecule has 0 aliphatic rings. The predicted molar refractivity (Wildman–Crippen MR) is 73.8 cm³/mol. The van der Waals surface area contributed by atoms with Gasteiger partial charge in [0.1, 0.15) is 5.69 Å². The van der Waals surface area contributed by atoms with Crippen LogP contribution in [0.2, 0.25) is 0 Å². The lowest BCUT2D eigenvalue weighted by molar-refractivity contribution is -0.384. The van der Waals surface area contributed by atoms with Gasteiger partial charge in [0.15, 0.2) is 0 Å². The van der Waals surface area contributed by atoms with Crippen molar-refractivity contribution in [1.29, 1.82) is 0 Å². The Hall–Kier alpha value is -1.71. The van der Waals surface area contributed by atoms with E-state index in [1.54, 1.807) is 0 Å². The molecule has 0 atom stereocenters. The van der Waals surface area contributed by atoms with E-state index in [1.165, 1.54) is 12.1 Å². The molecular formula is C11H17N3O5S. The van der Waals surface area contributed by atoms with Gasteiger partial charge in [-0.3, -0.25) is 10.1 Å². The fourth-order valence-corrected chi connectivity index (χ4v) is 2.55. The molecule has 3 N–H and O–H groups in total. The van der Waals surface area contributed by atoms with Gasteiger partial charge in [-0.2, -0.15) is 0 Å². The molecule has 0 saturated heterocycles. The number of sulfonamides is 1. The molecule has 0 aromatic heterocycles. The van der Waals surface area contributed by atoms with Crippen molar-refractivity contribution >= 4 is 21.4 Å². The lowest BCUT2D eigenvalue weighted by Gasteiger charge is -2.07. The highest BCUT2D eigenvalue weighted by atomic mass is 32.2. The molecule has 1 rings (SSSR count). The van der Waals surface area contributed by atoms with Crippen LogP contribution in [0.4, 0.5) is 11.4 Å². The molecule has 0 amide bonds. The first-order valence-corrected chi connectivity index (χ1v) is 7.48. The molecule has 0 heterocycles. The van der Waals surface area contributed by atoms with E-state index in [4.69, 9.17) is 10.5 Å². The summed E-state index contributed by atoms with van der Waals surface area (Å²) in [6.45, 7) is 3.05. The molecule has 1 aromatic rings. The van der Waals surface area contributed by atoms with Gasteiger partial charge in [0, 0.05) is 25.8 Å². The first-order valence-electron chi connectivity index (χ1n) is 6.00. The molecule has 0 aliphatic heterocycles. The predicted octanol–water partition coefficient (Wildman–Crippen LogP) is 0.882. The topological polar surface area (TPSA) is 125 Å². The van der Waals surface area contributed by atoms with Crippen LogP contribution in [0.5, 0.6) is 0 Å². The van der Waals surface area contributed by atoms with Gasteiger partial charge in [-0.25, -0.2) is 13.1 Å². The summed E-state index contributed by atoms with van der Waals surface area (Å²) in [4.78, 5) is 9.82. The third-order valence-corrected chi connectivity index (χ3v) is 3.93. The van der Waals surface area contributed by atoms with Gasteiger partial charge < -0.3 is 10.5 Å². The van der Waals surface area contributed by atoms with E-state index >= 15 is 0 Å². The number of nitrogen functional groups attached to an aromatic ring is 1. The van der Waals surface area contributed by atoms with Gasteiger partial charge in [-0.15, -0.1) is 0 Å². The van der Waals surface area contributed by atoms with E-state index in [1.807, 2.05) is 6.92 Å². The van der Waals surface area contributed by atoms with Crippen molar-refractivity contribution in [2.45, 2.75) is 18.2 Å². The fourth-order valence-electron chi connectivity index (χ4n) is 1.46. The van der Waals surface area contributed by atoms with Gasteiger partial charge in [0.2, 0.25) is 10.0 Å². The fraction of sp³-hybridized carbons (Fsp3) is 0.455. The van der Waals surface area contributed by atoms with Gasteiger partial charge in [0.05, 0.1) is 9.82 Å². The number of hydrogen-bond donors (Lipinski definition) is 2. The van der Waals surface area contributed by atoms with Crippen molar-refractivity contribution in [2.75, 3.05) is 25.5 Å². The second kappa shape index (κ2) is 7.17. The highest BCUT2D eigenvalue weighted by Crippen LogP contribution is 2.24. The van der Waals surface area contributed by atoms with Crippen LogP contribution in [0.15, 0.2) is 23.1 Å². The van der Waals surface area contributed by atoms with E-state index in [2.05, 4.69) is 4.72 Å². The standard InChI is InChI=1S/C11H17N3O5S/c1-2-19-7-3-6-13-20(17,18)9-4-5-10(12)11(8-9)14(15)16/h4-5,8,13H,2-3,6-7,12H2,1H3. The maximum absolute atomic E-state index is 11.9. The molecule has 112 valence electrons. The number of ether oxygens (including phenoxy) is 1. The Morgan fingerprint density at radius 3 is 2.75 bits per heavy atom. The van der Waals surface area contributed by atoms with Crippen LogP contribution in [0, 0.1) is 10.1 Å². The number of nitrogens with zero attached hydrogens (tertiary/aromatic N) is 1. The number of benzene rings is 1. The Morgan fingerprint density at radius 2 is 2.15 bits per heavy atom. The van der Waals surface area contributed by atoms with Gasteiger partial charge >= 0.3 is 0 Å². The van der Waals surface area contributed by atoms with Crippen molar-refractivity contribution < 1.29 is 18.1 Å². The first-order chi connectivity index (χ1) is 9.38. The molecule has 1 aromatic carbocycles. The number of nitro benzene ring substituents is 1. The van der Waals surface area contributed by atoms with Crippen LogP contribution in [-0.2, 0) is 14.8 Å². The van der Waals surface area contributed by atoms with E-state index in [9.17, 15) is 18.5 Å². The summed E-state index contributed by atoms with van der Waals surface area (Å²) in [6, 6.07) is 3.38. The largest absolute Gasteiger partial charge is 0.393 e. The first kappa shape index (κ1) is 16.3. The minimum absolute atomic E-state index is 0.0784. The third-order valence-electron chi connectivity index (χ3n) is 2.47. The van der Waals surface area contributed by atoms with Crippen LogP contribution in [0.3, 0.4) is 0 Å². The van der Waals surface area contributed by atoms with Crippen molar-refractivity contribution in [2.24, 2.45) is 0 Å². The van der Waals surface area contributed by atoms with Crippen molar-refractivity contribution in [1.82, 2.24) is 4.72 Å². The normalized spacial score (nSPS) is 11.4. The zero-order chi connectivity index (χ0) is 15.2. The molecule has 0 spiro atoms. The molecule has 0 unspecified atom stereocenters. The SMILES string of the molecule is CCOCCCNS(=O)(=O)c1ccc(N)c([N+](=O)[O-])c1. The zero-order valence-electron chi connectivity index (χ0n) is 11.0. The number of nitrogens with two attached hydrogens (primary N) is 1. The van der Waals surface area contributed by atoms with Crippen LogP contribution in [0.25, 0.3) is 0 Å². The number of nitrogens with one attached hydrogen (secondary N) is 1. The van der Waals surface area contributed by atoms with Crippen LogP contribution >= 0.6 is 0 Å². The molecule has 8 nitrogen and oxygen atoms in total. The maximum Gasteiger partial charge on any atom is 0.293 e. The van der Waals surface area contributed by atoms with Gasteiger partial charge in [-0.1, -0.05) is 0 Å². The summed E-state index contributed by atoms with van der Waals surface area (Å²) in [5, 5.41) is 10.7. The summed E-state index contributed by atoms with van der Waals surface area (Å²) in [6.07, 6.45) is 0.518. The summed E-state index contributed by atoms with van der Waals surface area (Å²) >= 11 is 0. The maximum atomic E-state index is 11.9. The second-order valence-corrected chi connectivity index (χ2v) is 5.69. The highest BCUT2D eigenvalue weighted by Gasteiger charge is 2.19. The van der Waals surface area contributed by atoms with E-state index in [0.29, 0.717) is 19.6 Å². The number of hydrogen-bond acceptors (Lipinski definition) is 6. The van der Waals surface area contributed by atoms with E-state index < -0.39 is 20.6 Å². The minimum atomic E-state index is -3.79. The molecule has 20 heavy (non-hydrogen) atoms. The molecule has 0 aliphatic carbocycles. The second-order valence-electron chi connectivity index (χ2n) is 3.93. The van der Waals surface area contributed by atoms with E-state index in [0.717, 1.165) is 6.07 Å². The Labute approximate surface area is 117 Å². The molecule has 0 radical (unpaired) electrons. The molecule has 0 fully saturated rings. The number of anilines is 1. The Morgan fingerprint density at radius 1 is 1.45 bits per heavy atom.